The van der Waals surface area contributed by atoms with Gasteiger partial charge in [0.05, 0.1) is 5.41 Å². The van der Waals surface area contributed by atoms with Crippen LogP contribution in [-0.2, 0) is 23.2 Å². The van der Waals surface area contributed by atoms with E-state index in [9.17, 15) is 9.18 Å². The van der Waals surface area contributed by atoms with Crippen LogP contribution in [0.4, 0.5) is 4.39 Å². The molecule has 0 unspecified atom stereocenters. The van der Waals surface area contributed by atoms with Crippen molar-refractivity contribution in [2.45, 2.75) is 50.1 Å². The fraction of sp³-hybridized carbons (Fsp3) is 0.444. The van der Waals surface area contributed by atoms with E-state index in [0.717, 1.165) is 50.0 Å². The van der Waals surface area contributed by atoms with Crippen molar-refractivity contribution in [3.63, 3.8) is 0 Å². The molecule has 1 N–H and O–H groups in total. The number of hydrogen-bond donors (Lipinski definition) is 1. The second kappa shape index (κ2) is 5.48. The molecule has 2 aromatic rings. The van der Waals surface area contributed by atoms with Crippen molar-refractivity contribution in [3.8, 4) is 0 Å². The molecule has 0 saturated heterocycles. The van der Waals surface area contributed by atoms with Gasteiger partial charge in [0.1, 0.15) is 11.6 Å². The fourth-order valence-electron chi connectivity index (χ4n) is 3.75. The molecule has 1 saturated carbocycles. The molecule has 1 atom stereocenters. The van der Waals surface area contributed by atoms with Crippen LogP contribution in [0, 0.1) is 5.82 Å². The van der Waals surface area contributed by atoms with Crippen LogP contribution in [0.1, 0.15) is 37.1 Å². The molecule has 23 heavy (non-hydrogen) atoms. The molecule has 4 rings (SSSR count). The van der Waals surface area contributed by atoms with E-state index in [1.807, 2.05) is 12.4 Å². The first kappa shape index (κ1) is 14.4. The lowest BCUT2D eigenvalue weighted by Crippen LogP contribution is -2.53. The first-order valence-electron chi connectivity index (χ1n) is 8.24. The maximum absolute atomic E-state index is 13.2. The minimum Gasteiger partial charge on any atom is -0.351 e. The predicted molar refractivity (Wildman–Crippen MR) is 84.4 cm³/mol. The molecule has 1 aliphatic carbocycles. The van der Waals surface area contributed by atoms with Crippen molar-refractivity contribution in [1.29, 1.82) is 0 Å². The van der Waals surface area contributed by atoms with E-state index in [1.54, 1.807) is 12.1 Å². The van der Waals surface area contributed by atoms with E-state index in [2.05, 4.69) is 14.9 Å². The normalized spacial score (nSPS) is 22.0. The highest BCUT2D eigenvalue weighted by atomic mass is 19.1. The number of aromatic nitrogens is 2. The average Bonchev–Trinajstić information content (AvgIpc) is 2.95. The van der Waals surface area contributed by atoms with Gasteiger partial charge in [-0.1, -0.05) is 18.6 Å². The third-order valence-electron chi connectivity index (χ3n) is 5.31. The highest BCUT2D eigenvalue weighted by Gasteiger charge is 2.46. The minimum absolute atomic E-state index is 0.0870. The smallest absolute Gasteiger partial charge is 0.230 e. The second-order valence-electron chi connectivity index (χ2n) is 6.65. The molecule has 1 fully saturated rings. The van der Waals surface area contributed by atoms with Crippen molar-refractivity contribution in [1.82, 2.24) is 14.9 Å². The number of fused-ring (bicyclic) bond motifs is 1. The lowest BCUT2D eigenvalue weighted by atomic mass is 9.63. The summed E-state index contributed by atoms with van der Waals surface area (Å²) < 4.78 is 15.3. The molecular weight excluding hydrogens is 293 g/mol. The summed E-state index contributed by atoms with van der Waals surface area (Å²) >= 11 is 0. The molecule has 1 aromatic heterocycles. The van der Waals surface area contributed by atoms with Gasteiger partial charge in [-0.15, -0.1) is 0 Å². The molecular formula is C18H20FN3O. The SMILES string of the molecule is O=C(N[C@@H]1CCc2nccn2C1)C1(c2ccc(F)cc2)CCC1. The van der Waals surface area contributed by atoms with Gasteiger partial charge in [0, 0.05) is 31.4 Å². The third kappa shape index (κ3) is 2.44. The molecule has 1 amide bonds. The van der Waals surface area contributed by atoms with Gasteiger partial charge >= 0.3 is 0 Å². The number of nitrogens with one attached hydrogen (secondary N) is 1. The Hall–Kier alpha value is -2.17. The van der Waals surface area contributed by atoms with Crippen LogP contribution in [0.25, 0.3) is 0 Å². The summed E-state index contributed by atoms with van der Waals surface area (Å²) in [7, 11) is 0. The monoisotopic (exact) mass is 313 g/mol. The van der Waals surface area contributed by atoms with Crippen LogP contribution >= 0.6 is 0 Å². The van der Waals surface area contributed by atoms with Crippen molar-refractivity contribution < 1.29 is 9.18 Å². The Labute approximate surface area is 134 Å². The van der Waals surface area contributed by atoms with Crippen molar-refractivity contribution in [2.75, 3.05) is 0 Å². The third-order valence-corrected chi connectivity index (χ3v) is 5.31. The van der Waals surface area contributed by atoms with E-state index in [1.165, 1.54) is 12.1 Å². The lowest BCUT2D eigenvalue weighted by molar-refractivity contribution is -0.130. The maximum Gasteiger partial charge on any atom is 0.230 e. The van der Waals surface area contributed by atoms with Crippen LogP contribution in [-0.4, -0.2) is 21.5 Å². The summed E-state index contributed by atoms with van der Waals surface area (Å²) in [6.45, 7) is 0.778. The average molecular weight is 313 g/mol. The van der Waals surface area contributed by atoms with E-state index in [-0.39, 0.29) is 17.8 Å². The summed E-state index contributed by atoms with van der Waals surface area (Å²) in [6.07, 6.45) is 8.31. The van der Waals surface area contributed by atoms with Crippen LogP contribution in [0.15, 0.2) is 36.7 Å². The number of carbonyl (C=O) groups is 1. The predicted octanol–water partition coefficient (Wildman–Crippen LogP) is 2.58. The van der Waals surface area contributed by atoms with Gasteiger partial charge in [0.15, 0.2) is 0 Å². The minimum atomic E-state index is -0.469. The van der Waals surface area contributed by atoms with Crippen LogP contribution in [0.2, 0.25) is 0 Å². The van der Waals surface area contributed by atoms with Gasteiger partial charge in [0.2, 0.25) is 5.91 Å². The number of hydrogen-bond acceptors (Lipinski definition) is 2. The zero-order valence-corrected chi connectivity index (χ0v) is 13.0. The first-order chi connectivity index (χ1) is 11.2. The summed E-state index contributed by atoms with van der Waals surface area (Å²) in [4.78, 5) is 17.2. The van der Waals surface area contributed by atoms with Gasteiger partial charge in [-0.25, -0.2) is 9.37 Å². The Morgan fingerprint density at radius 1 is 1.30 bits per heavy atom. The number of imidazole rings is 1. The molecule has 5 heteroatoms. The molecule has 2 heterocycles. The van der Waals surface area contributed by atoms with Crippen molar-refractivity contribution >= 4 is 5.91 Å². The Bertz CT molecular complexity index is 718. The van der Waals surface area contributed by atoms with E-state index >= 15 is 0 Å². The van der Waals surface area contributed by atoms with Gasteiger partial charge < -0.3 is 9.88 Å². The van der Waals surface area contributed by atoms with Gasteiger partial charge in [0.25, 0.3) is 0 Å². The zero-order valence-electron chi connectivity index (χ0n) is 13.0. The standard InChI is InChI=1S/C18H20FN3O/c19-14-4-2-13(3-5-14)18(8-1-9-18)17(23)21-15-6-7-16-20-10-11-22(16)12-15/h2-5,10-11,15H,1,6-9,12H2,(H,21,23)/t15-/m1/s1. The Balaban J connectivity index is 1.50. The molecule has 0 radical (unpaired) electrons. The number of halogens is 1. The van der Waals surface area contributed by atoms with E-state index in [0.29, 0.717) is 0 Å². The Kier molecular flexibility index (Phi) is 3.43. The summed E-state index contributed by atoms with van der Waals surface area (Å²) in [6, 6.07) is 6.54. The number of amides is 1. The van der Waals surface area contributed by atoms with Crippen LogP contribution in [0.5, 0.6) is 0 Å². The van der Waals surface area contributed by atoms with E-state index in [4.69, 9.17) is 0 Å². The molecule has 1 aliphatic heterocycles. The van der Waals surface area contributed by atoms with Crippen LogP contribution < -0.4 is 5.32 Å². The molecule has 120 valence electrons. The maximum atomic E-state index is 13.2. The summed E-state index contributed by atoms with van der Waals surface area (Å²) in [5.41, 5.74) is 0.463. The molecule has 2 aliphatic rings. The Morgan fingerprint density at radius 2 is 2.09 bits per heavy atom. The first-order valence-corrected chi connectivity index (χ1v) is 8.24. The number of benzene rings is 1. The number of carbonyl (C=O) groups excluding carboxylic acids is 1. The number of aryl methyl sites for hydroxylation is 1. The van der Waals surface area contributed by atoms with Gasteiger partial charge in [-0.05, 0) is 37.0 Å². The fourth-order valence-corrected chi connectivity index (χ4v) is 3.75. The number of nitrogens with zero attached hydrogens (tertiary/aromatic N) is 2. The number of rotatable bonds is 3. The Morgan fingerprint density at radius 3 is 2.78 bits per heavy atom. The topological polar surface area (TPSA) is 46.9 Å². The zero-order chi connectivity index (χ0) is 15.9. The summed E-state index contributed by atoms with van der Waals surface area (Å²) in [5, 5.41) is 3.22. The van der Waals surface area contributed by atoms with Crippen molar-refractivity contribution in [3.05, 3.63) is 53.9 Å². The summed E-state index contributed by atoms with van der Waals surface area (Å²) in [5.74, 6) is 0.917. The van der Waals surface area contributed by atoms with Gasteiger partial charge in [-0.3, -0.25) is 4.79 Å². The van der Waals surface area contributed by atoms with Crippen LogP contribution in [0.3, 0.4) is 0 Å². The van der Waals surface area contributed by atoms with Gasteiger partial charge in [-0.2, -0.15) is 0 Å². The highest BCUT2D eigenvalue weighted by Crippen LogP contribution is 2.44. The lowest BCUT2D eigenvalue weighted by Gasteiger charge is -2.42. The van der Waals surface area contributed by atoms with Crippen molar-refractivity contribution in [2.24, 2.45) is 0 Å². The largest absolute Gasteiger partial charge is 0.351 e. The van der Waals surface area contributed by atoms with E-state index < -0.39 is 5.41 Å². The quantitative estimate of drug-likeness (QED) is 0.947. The molecule has 4 nitrogen and oxygen atoms in total. The second-order valence-corrected chi connectivity index (χ2v) is 6.65. The molecule has 0 bridgehead atoms. The highest BCUT2D eigenvalue weighted by molar-refractivity contribution is 5.89. The molecule has 0 spiro atoms. The molecule has 1 aromatic carbocycles.